The molecule has 0 aliphatic rings. The molecule has 0 aromatic heterocycles. The number of carbonyl (C=O) groups is 2. The first-order valence-corrected chi connectivity index (χ1v) is 6.98. The maximum atomic E-state index is 13.1. The zero-order valence-electron chi connectivity index (χ0n) is 12.3. The molecule has 1 N–H and O–H groups in total. The van der Waals surface area contributed by atoms with Crippen LogP contribution in [0.5, 0.6) is 0 Å². The summed E-state index contributed by atoms with van der Waals surface area (Å²) in [4.78, 5) is 23.0. The first-order chi connectivity index (χ1) is 11.1. The number of carbonyl (C=O) groups excluding carboxylic acids is 2. The molecule has 0 bridgehead atoms. The van der Waals surface area contributed by atoms with Crippen molar-refractivity contribution in [2.75, 3.05) is 6.61 Å². The lowest BCUT2D eigenvalue weighted by atomic mass is 10.1. The Kier molecular flexibility index (Phi) is 5.72. The van der Waals surface area contributed by atoms with Crippen molar-refractivity contribution < 1.29 is 19.1 Å². The number of aliphatic hydroxyl groups excluding tert-OH is 1. The summed E-state index contributed by atoms with van der Waals surface area (Å²) in [7, 11) is 0. The lowest BCUT2D eigenvalue weighted by Crippen LogP contribution is -1.97. The van der Waals surface area contributed by atoms with E-state index in [0.29, 0.717) is 0 Å². The average Bonchev–Trinajstić information content (AvgIpc) is 2.58. The molecule has 0 heterocycles. The summed E-state index contributed by atoms with van der Waals surface area (Å²) in [5, 5.41) is 8.66. The molecular formula is C19H15FO3. The number of halogens is 1. The average molecular weight is 310 g/mol. The third kappa shape index (κ3) is 5.13. The van der Waals surface area contributed by atoms with E-state index in [1.165, 1.54) is 30.4 Å². The Morgan fingerprint density at radius 3 is 2.26 bits per heavy atom. The third-order valence-electron chi connectivity index (χ3n) is 3.06. The molecule has 0 aliphatic carbocycles. The lowest BCUT2D eigenvalue weighted by Gasteiger charge is -1.98. The Hall–Kier alpha value is -2.85. The number of allylic oxidation sites excluding steroid dienone is 1. The number of hydrogen-bond acceptors (Lipinski definition) is 3. The van der Waals surface area contributed by atoms with Gasteiger partial charge in [-0.2, -0.15) is 0 Å². The van der Waals surface area contributed by atoms with Crippen molar-refractivity contribution in [3.05, 3.63) is 83.2 Å². The van der Waals surface area contributed by atoms with Crippen molar-refractivity contribution in [1.29, 1.82) is 0 Å². The fraction of sp³-hybridized carbons (Fsp3) is 0.0526. The molecule has 0 radical (unpaired) electrons. The van der Waals surface area contributed by atoms with Crippen molar-refractivity contribution in [2.24, 2.45) is 0 Å². The van der Waals surface area contributed by atoms with Gasteiger partial charge in [0.2, 0.25) is 0 Å². The van der Waals surface area contributed by atoms with E-state index in [-0.39, 0.29) is 17.1 Å². The molecule has 0 aliphatic heterocycles. The van der Waals surface area contributed by atoms with E-state index in [9.17, 15) is 14.0 Å². The van der Waals surface area contributed by atoms with E-state index in [0.717, 1.165) is 11.1 Å². The van der Waals surface area contributed by atoms with Crippen molar-refractivity contribution >= 4 is 23.7 Å². The Balaban J connectivity index is 2.12. The highest BCUT2D eigenvalue weighted by molar-refractivity contribution is 6.06. The van der Waals surface area contributed by atoms with Crippen LogP contribution < -0.4 is 0 Å². The minimum absolute atomic E-state index is 0.283. The summed E-state index contributed by atoms with van der Waals surface area (Å²) in [6.07, 6.45) is 5.87. The SMILES string of the molecule is O=C(/C=C/c1cccc(/C=C/C(=O)c2cccc(F)c2)c1)CO. The maximum absolute atomic E-state index is 13.1. The normalized spacial score (nSPS) is 11.2. The van der Waals surface area contributed by atoms with Gasteiger partial charge in [0, 0.05) is 5.56 Å². The summed E-state index contributed by atoms with van der Waals surface area (Å²) in [6, 6.07) is 12.7. The number of rotatable bonds is 6. The highest BCUT2D eigenvalue weighted by Gasteiger charge is 2.02. The van der Waals surface area contributed by atoms with Gasteiger partial charge in [-0.15, -0.1) is 0 Å². The molecule has 0 atom stereocenters. The molecule has 23 heavy (non-hydrogen) atoms. The predicted molar refractivity (Wildman–Crippen MR) is 87.3 cm³/mol. The van der Waals surface area contributed by atoms with Gasteiger partial charge >= 0.3 is 0 Å². The number of benzene rings is 2. The van der Waals surface area contributed by atoms with Gasteiger partial charge in [-0.1, -0.05) is 42.5 Å². The van der Waals surface area contributed by atoms with E-state index < -0.39 is 12.4 Å². The van der Waals surface area contributed by atoms with Gasteiger partial charge in [0.1, 0.15) is 12.4 Å². The van der Waals surface area contributed by atoms with E-state index in [1.807, 2.05) is 0 Å². The molecular weight excluding hydrogens is 295 g/mol. The highest BCUT2D eigenvalue weighted by Crippen LogP contribution is 2.11. The third-order valence-corrected chi connectivity index (χ3v) is 3.06. The van der Waals surface area contributed by atoms with Crippen LogP contribution in [-0.4, -0.2) is 23.3 Å². The van der Waals surface area contributed by atoms with Crippen LogP contribution in [0.1, 0.15) is 21.5 Å². The molecule has 3 nitrogen and oxygen atoms in total. The monoisotopic (exact) mass is 310 g/mol. The van der Waals surface area contributed by atoms with E-state index in [2.05, 4.69) is 0 Å². The lowest BCUT2D eigenvalue weighted by molar-refractivity contribution is -0.117. The van der Waals surface area contributed by atoms with Crippen LogP contribution in [0.4, 0.5) is 4.39 Å². The topological polar surface area (TPSA) is 54.4 Å². The van der Waals surface area contributed by atoms with Gasteiger partial charge < -0.3 is 5.11 Å². The zero-order valence-corrected chi connectivity index (χ0v) is 12.3. The fourth-order valence-corrected chi connectivity index (χ4v) is 1.92. The smallest absolute Gasteiger partial charge is 0.185 e. The van der Waals surface area contributed by atoms with Crippen LogP contribution in [0.25, 0.3) is 12.2 Å². The molecule has 2 aromatic carbocycles. The Labute approximate surface area is 133 Å². The maximum Gasteiger partial charge on any atom is 0.185 e. The minimum atomic E-state index is -0.530. The first kappa shape index (κ1) is 16.5. The van der Waals surface area contributed by atoms with Crippen LogP contribution in [-0.2, 0) is 4.79 Å². The summed E-state index contributed by atoms with van der Waals surface area (Å²) in [5.74, 6) is -1.13. The van der Waals surface area contributed by atoms with Gasteiger partial charge in [0.05, 0.1) is 0 Å². The van der Waals surface area contributed by atoms with Gasteiger partial charge in [-0.25, -0.2) is 4.39 Å². The van der Waals surface area contributed by atoms with Crippen molar-refractivity contribution in [3.8, 4) is 0 Å². The van der Waals surface area contributed by atoms with E-state index >= 15 is 0 Å². The number of aliphatic hydroxyl groups is 1. The molecule has 0 saturated heterocycles. The molecule has 2 rings (SSSR count). The van der Waals surface area contributed by atoms with E-state index in [4.69, 9.17) is 5.11 Å². The van der Waals surface area contributed by atoms with Crippen LogP contribution in [0.2, 0.25) is 0 Å². The second kappa shape index (κ2) is 7.96. The van der Waals surface area contributed by atoms with Crippen molar-refractivity contribution in [3.63, 3.8) is 0 Å². The summed E-state index contributed by atoms with van der Waals surface area (Å²) < 4.78 is 13.1. The molecule has 0 unspecified atom stereocenters. The molecule has 0 amide bonds. The van der Waals surface area contributed by atoms with Gasteiger partial charge in [-0.05, 0) is 41.5 Å². The molecule has 4 heteroatoms. The number of hydrogen-bond donors (Lipinski definition) is 1. The second-order valence-corrected chi connectivity index (χ2v) is 4.84. The second-order valence-electron chi connectivity index (χ2n) is 4.84. The molecule has 2 aromatic rings. The predicted octanol–water partition coefficient (Wildman–Crippen LogP) is 3.30. The largest absolute Gasteiger partial charge is 0.388 e. The summed E-state index contributed by atoms with van der Waals surface area (Å²) in [6.45, 7) is -0.530. The standard InChI is InChI=1S/C19H15FO3/c20-17-6-2-5-16(12-17)19(23)10-8-15-4-1-3-14(11-15)7-9-18(22)13-21/h1-12,21H,13H2/b9-7+,10-8+. The molecule has 0 spiro atoms. The zero-order chi connectivity index (χ0) is 16.7. The summed E-state index contributed by atoms with van der Waals surface area (Å²) in [5.41, 5.74) is 1.83. The summed E-state index contributed by atoms with van der Waals surface area (Å²) >= 11 is 0. The van der Waals surface area contributed by atoms with Gasteiger partial charge in [0.15, 0.2) is 11.6 Å². The minimum Gasteiger partial charge on any atom is -0.388 e. The molecule has 0 saturated carbocycles. The molecule has 116 valence electrons. The van der Waals surface area contributed by atoms with Gasteiger partial charge in [-0.3, -0.25) is 9.59 Å². The molecule has 0 fully saturated rings. The van der Waals surface area contributed by atoms with Crippen LogP contribution in [0.15, 0.2) is 60.7 Å². The van der Waals surface area contributed by atoms with Gasteiger partial charge in [0.25, 0.3) is 0 Å². The van der Waals surface area contributed by atoms with Crippen LogP contribution in [0, 0.1) is 5.82 Å². The van der Waals surface area contributed by atoms with Crippen molar-refractivity contribution in [2.45, 2.75) is 0 Å². The van der Waals surface area contributed by atoms with Crippen molar-refractivity contribution in [1.82, 2.24) is 0 Å². The first-order valence-electron chi connectivity index (χ1n) is 6.98. The highest BCUT2D eigenvalue weighted by atomic mass is 19.1. The number of ketones is 2. The van der Waals surface area contributed by atoms with E-state index in [1.54, 1.807) is 42.5 Å². The van der Waals surface area contributed by atoms with Crippen LogP contribution >= 0.6 is 0 Å². The Morgan fingerprint density at radius 1 is 0.957 bits per heavy atom. The Morgan fingerprint density at radius 2 is 1.61 bits per heavy atom. The quantitative estimate of drug-likeness (QED) is 0.658. The fourth-order valence-electron chi connectivity index (χ4n) is 1.92. The van der Waals surface area contributed by atoms with Crippen LogP contribution in [0.3, 0.4) is 0 Å². The Bertz CT molecular complexity index is 776.